The molecule has 1 aliphatic carbocycles. The van der Waals surface area contributed by atoms with Gasteiger partial charge in [-0.3, -0.25) is 4.79 Å². The average molecular weight is 490 g/mol. The van der Waals surface area contributed by atoms with Gasteiger partial charge in [0, 0.05) is 45.1 Å². The minimum atomic E-state index is -0.519. The number of carbonyl (C=O) groups is 2. The summed E-state index contributed by atoms with van der Waals surface area (Å²) in [5.41, 5.74) is 4.42. The molecule has 0 unspecified atom stereocenters. The highest BCUT2D eigenvalue weighted by molar-refractivity contribution is 7.10. The third-order valence-corrected chi connectivity index (χ3v) is 7.66. The lowest BCUT2D eigenvalue weighted by atomic mass is 9.72. The van der Waals surface area contributed by atoms with Crippen molar-refractivity contribution in [2.45, 2.75) is 38.2 Å². The van der Waals surface area contributed by atoms with Gasteiger partial charge >= 0.3 is 5.97 Å². The minimum absolute atomic E-state index is 0.0537. The molecule has 34 heavy (non-hydrogen) atoms. The second-order valence-electron chi connectivity index (χ2n) is 8.65. The Morgan fingerprint density at radius 1 is 1.09 bits per heavy atom. The summed E-state index contributed by atoms with van der Waals surface area (Å²) < 4.78 is 5.71. The number of allylic oxidation sites excluding steroid dienone is 3. The van der Waals surface area contributed by atoms with Gasteiger partial charge in [-0.2, -0.15) is 0 Å². The summed E-state index contributed by atoms with van der Waals surface area (Å²) >= 11 is 8.00. The van der Waals surface area contributed by atoms with E-state index < -0.39 is 11.9 Å². The Labute approximate surface area is 207 Å². The van der Waals surface area contributed by atoms with Crippen LogP contribution in [-0.2, 0) is 20.9 Å². The molecule has 0 spiro atoms. The van der Waals surface area contributed by atoms with E-state index in [9.17, 15) is 9.59 Å². The fourth-order valence-corrected chi connectivity index (χ4v) is 5.88. The largest absolute Gasteiger partial charge is 0.457 e. The summed E-state index contributed by atoms with van der Waals surface area (Å²) in [6.45, 7) is 2.04. The Morgan fingerprint density at radius 3 is 2.65 bits per heavy atom. The van der Waals surface area contributed by atoms with E-state index in [1.165, 1.54) is 4.88 Å². The van der Waals surface area contributed by atoms with Crippen molar-refractivity contribution in [3.63, 3.8) is 0 Å². The summed E-state index contributed by atoms with van der Waals surface area (Å²) in [7, 11) is 0. The normalized spacial score (nSPS) is 20.1. The van der Waals surface area contributed by atoms with E-state index in [2.05, 4.69) is 11.4 Å². The van der Waals surface area contributed by atoms with E-state index in [-0.39, 0.29) is 18.3 Å². The molecule has 0 saturated heterocycles. The monoisotopic (exact) mass is 489 g/mol. The molecule has 0 bridgehead atoms. The first-order valence-corrected chi connectivity index (χ1v) is 12.5. The number of benzene rings is 2. The first-order chi connectivity index (χ1) is 16.5. The van der Waals surface area contributed by atoms with Gasteiger partial charge in [-0.15, -0.1) is 11.3 Å². The summed E-state index contributed by atoms with van der Waals surface area (Å²) in [5.74, 6) is -0.760. The number of hydrogen-bond donors (Lipinski definition) is 1. The summed E-state index contributed by atoms with van der Waals surface area (Å²) in [6, 6.07) is 21.1. The zero-order valence-corrected chi connectivity index (χ0v) is 20.3. The highest BCUT2D eigenvalue weighted by Crippen LogP contribution is 2.46. The number of carbonyl (C=O) groups excluding carboxylic acids is 2. The fraction of sp³-hybridized carbons (Fsp3) is 0.214. The fourth-order valence-electron chi connectivity index (χ4n) is 4.85. The third kappa shape index (κ3) is 4.46. The summed E-state index contributed by atoms with van der Waals surface area (Å²) in [6.07, 6.45) is 1.14. The molecule has 0 amide bonds. The van der Waals surface area contributed by atoms with Gasteiger partial charge in [0.15, 0.2) is 5.78 Å². The van der Waals surface area contributed by atoms with Crippen LogP contribution in [0.3, 0.4) is 0 Å². The van der Waals surface area contributed by atoms with Crippen LogP contribution in [0.2, 0.25) is 5.02 Å². The molecule has 0 fully saturated rings. The van der Waals surface area contributed by atoms with Crippen molar-refractivity contribution in [1.82, 2.24) is 5.32 Å². The van der Waals surface area contributed by atoms with Gasteiger partial charge in [0.25, 0.3) is 0 Å². The molecular weight excluding hydrogens is 466 g/mol. The SMILES string of the molecule is CC1=C(C(=O)OCc2ccccc2)[C@@H](c2cccc(Cl)c2)C2=C(C[C@@H](c3cccs3)CC2=O)N1. The topological polar surface area (TPSA) is 55.4 Å². The lowest BCUT2D eigenvalue weighted by Crippen LogP contribution is -2.36. The smallest absolute Gasteiger partial charge is 0.337 e. The van der Waals surface area contributed by atoms with Gasteiger partial charge in [0.1, 0.15) is 6.61 Å². The molecule has 1 aliphatic heterocycles. The molecule has 1 aromatic heterocycles. The summed E-state index contributed by atoms with van der Waals surface area (Å²) in [4.78, 5) is 28.2. The van der Waals surface area contributed by atoms with Crippen LogP contribution >= 0.6 is 22.9 Å². The number of dihydropyridines is 1. The van der Waals surface area contributed by atoms with Crippen LogP contribution in [0.15, 0.2) is 94.7 Å². The van der Waals surface area contributed by atoms with Crippen molar-refractivity contribution in [2.24, 2.45) is 0 Å². The van der Waals surface area contributed by atoms with Crippen LogP contribution in [0.1, 0.15) is 47.6 Å². The minimum Gasteiger partial charge on any atom is -0.457 e. The van der Waals surface area contributed by atoms with Crippen molar-refractivity contribution >= 4 is 34.7 Å². The molecule has 5 rings (SSSR count). The standard InChI is InChI=1S/C28H24ClNO3S/c1-17-25(28(32)33-16-18-7-3-2-4-8-18)26(19-9-5-10-21(29)13-19)27-22(30-17)14-20(15-23(27)31)24-11-6-12-34-24/h2-13,20,26,30H,14-16H2,1H3/t20-,26-/m1/s1. The lowest BCUT2D eigenvalue weighted by molar-refractivity contribution is -0.140. The van der Waals surface area contributed by atoms with Crippen molar-refractivity contribution in [1.29, 1.82) is 0 Å². The number of rotatable bonds is 5. The van der Waals surface area contributed by atoms with Crippen molar-refractivity contribution in [2.75, 3.05) is 0 Å². The van der Waals surface area contributed by atoms with Crippen LogP contribution in [0.5, 0.6) is 0 Å². The van der Waals surface area contributed by atoms with Crippen LogP contribution in [0.4, 0.5) is 0 Å². The molecule has 0 radical (unpaired) electrons. The number of esters is 1. The van der Waals surface area contributed by atoms with Gasteiger partial charge in [-0.1, -0.05) is 60.1 Å². The molecule has 2 heterocycles. The molecule has 2 atom stereocenters. The first kappa shape index (κ1) is 22.6. The zero-order chi connectivity index (χ0) is 23.7. The molecule has 0 saturated carbocycles. The van der Waals surface area contributed by atoms with Crippen molar-refractivity contribution in [3.05, 3.63) is 116 Å². The van der Waals surface area contributed by atoms with Gasteiger partial charge in [0.2, 0.25) is 0 Å². The molecule has 2 aliphatic rings. The maximum absolute atomic E-state index is 13.6. The lowest BCUT2D eigenvalue weighted by Gasteiger charge is -2.36. The molecular formula is C28H24ClNO3S. The van der Waals surface area contributed by atoms with Crippen LogP contribution in [0.25, 0.3) is 0 Å². The number of Topliss-reactive ketones (excluding diaryl/α,β-unsaturated/α-hetero) is 1. The average Bonchev–Trinajstić information content (AvgIpc) is 3.37. The van der Waals surface area contributed by atoms with E-state index >= 15 is 0 Å². The third-order valence-electron chi connectivity index (χ3n) is 6.39. The molecule has 172 valence electrons. The van der Waals surface area contributed by atoms with Crippen LogP contribution in [0, 0.1) is 0 Å². The Kier molecular flexibility index (Phi) is 6.40. The quantitative estimate of drug-likeness (QED) is 0.415. The first-order valence-electron chi connectivity index (χ1n) is 11.2. The van der Waals surface area contributed by atoms with Gasteiger partial charge in [-0.05, 0) is 48.1 Å². The molecule has 4 nitrogen and oxygen atoms in total. The summed E-state index contributed by atoms with van der Waals surface area (Å²) in [5, 5.41) is 6.00. The van der Waals surface area contributed by atoms with E-state index in [0.717, 1.165) is 23.2 Å². The zero-order valence-electron chi connectivity index (χ0n) is 18.7. The maximum atomic E-state index is 13.6. The van der Waals surface area contributed by atoms with Gasteiger partial charge in [-0.25, -0.2) is 4.79 Å². The molecule has 1 N–H and O–H groups in total. The van der Waals surface area contributed by atoms with Gasteiger partial charge < -0.3 is 10.1 Å². The number of thiophene rings is 1. The Balaban J connectivity index is 1.52. The highest BCUT2D eigenvalue weighted by atomic mass is 35.5. The van der Waals surface area contributed by atoms with E-state index in [1.807, 2.05) is 66.9 Å². The number of ether oxygens (including phenoxy) is 1. The van der Waals surface area contributed by atoms with Crippen molar-refractivity contribution < 1.29 is 14.3 Å². The second-order valence-corrected chi connectivity index (χ2v) is 10.1. The maximum Gasteiger partial charge on any atom is 0.337 e. The number of halogens is 1. The predicted octanol–water partition coefficient (Wildman–Crippen LogP) is 6.51. The predicted molar refractivity (Wildman–Crippen MR) is 135 cm³/mol. The van der Waals surface area contributed by atoms with E-state index in [0.29, 0.717) is 28.3 Å². The Bertz CT molecular complexity index is 1290. The highest BCUT2D eigenvalue weighted by Gasteiger charge is 2.41. The van der Waals surface area contributed by atoms with Crippen molar-refractivity contribution in [3.8, 4) is 0 Å². The number of hydrogen-bond acceptors (Lipinski definition) is 5. The molecule has 6 heteroatoms. The number of nitrogens with one attached hydrogen (secondary N) is 1. The molecule has 3 aromatic rings. The second kappa shape index (κ2) is 9.61. The van der Waals surface area contributed by atoms with Crippen LogP contribution in [-0.4, -0.2) is 11.8 Å². The van der Waals surface area contributed by atoms with Crippen LogP contribution < -0.4 is 5.32 Å². The number of ketones is 1. The Hall–Kier alpha value is -3.15. The Morgan fingerprint density at radius 2 is 1.91 bits per heavy atom. The van der Waals surface area contributed by atoms with E-state index in [4.69, 9.17) is 16.3 Å². The van der Waals surface area contributed by atoms with E-state index in [1.54, 1.807) is 17.4 Å². The molecule has 2 aromatic carbocycles. The van der Waals surface area contributed by atoms with Gasteiger partial charge in [0.05, 0.1) is 5.57 Å².